The Hall–Kier alpha value is -3.44. The summed E-state index contributed by atoms with van der Waals surface area (Å²) in [5, 5.41) is 38.7. The zero-order valence-electron chi connectivity index (χ0n) is 23.1. The highest BCUT2D eigenvalue weighted by molar-refractivity contribution is 14.1. The van der Waals surface area contributed by atoms with Crippen LogP contribution in [0.2, 0.25) is 0 Å². The Morgan fingerprint density at radius 1 is 1.34 bits per heavy atom. The molecule has 1 aliphatic carbocycles. The van der Waals surface area contributed by atoms with E-state index in [-0.39, 0.29) is 11.5 Å². The summed E-state index contributed by atoms with van der Waals surface area (Å²) in [6, 6.07) is 6.56. The van der Waals surface area contributed by atoms with Crippen LogP contribution in [-0.2, 0) is 13.0 Å². The Labute approximate surface area is 255 Å². The first-order chi connectivity index (χ1) is 19.6. The van der Waals surface area contributed by atoms with Crippen molar-refractivity contribution in [1.82, 2.24) is 24.9 Å². The maximum Gasteiger partial charge on any atom is 0.407 e. The molecule has 4 heterocycles. The molecule has 1 aliphatic heterocycles. The van der Waals surface area contributed by atoms with Gasteiger partial charge in [-0.25, -0.2) is 9.48 Å². The zero-order valence-corrected chi connectivity index (χ0v) is 26.1. The normalized spacial score (nSPS) is 15.8. The Morgan fingerprint density at radius 2 is 2.15 bits per heavy atom. The van der Waals surface area contributed by atoms with Gasteiger partial charge in [0.2, 0.25) is 0 Å². The molecule has 1 unspecified atom stereocenters. The third kappa shape index (κ3) is 5.70. The molecule has 0 saturated heterocycles. The van der Waals surface area contributed by atoms with Gasteiger partial charge >= 0.3 is 6.09 Å². The first-order valence-corrected chi connectivity index (χ1v) is 15.6. The van der Waals surface area contributed by atoms with E-state index in [4.69, 9.17) is 0 Å². The fourth-order valence-corrected chi connectivity index (χ4v) is 7.05. The first kappa shape index (κ1) is 27.7. The van der Waals surface area contributed by atoms with Crippen LogP contribution in [0.15, 0.2) is 29.9 Å². The number of hydrogen-bond acceptors (Lipinski definition) is 8. The lowest BCUT2D eigenvalue weighted by Crippen LogP contribution is -2.34. The van der Waals surface area contributed by atoms with Crippen molar-refractivity contribution in [2.24, 2.45) is 5.41 Å². The smallest absolute Gasteiger partial charge is 0.407 e. The van der Waals surface area contributed by atoms with Crippen molar-refractivity contribution in [3.8, 4) is 6.07 Å². The molecular formula is C29H31IN8O2S. The van der Waals surface area contributed by atoms with E-state index in [0.29, 0.717) is 37.7 Å². The predicted molar refractivity (Wildman–Crippen MR) is 167 cm³/mol. The molecule has 0 spiro atoms. The van der Waals surface area contributed by atoms with Gasteiger partial charge in [0, 0.05) is 38.8 Å². The summed E-state index contributed by atoms with van der Waals surface area (Å²) in [7, 11) is 0. The number of nitrogens with zero attached hydrogens (tertiary/aromatic N) is 6. The number of carboxylic acid groups (broad SMARTS) is 1. The Balaban J connectivity index is 1.42. The zero-order chi connectivity index (χ0) is 28.9. The van der Waals surface area contributed by atoms with Gasteiger partial charge in [0.15, 0.2) is 0 Å². The molecule has 4 aromatic rings. The monoisotopic (exact) mass is 682 g/mol. The molecule has 1 amide bonds. The molecule has 0 bridgehead atoms. The molecule has 2 aliphatic rings. The van der Waals surface area contributed by atoms with Crippen LogP contribution < -0.4 is 10.6 Å². The van der Waals surface area contributed by atoms with Gasteiger partial charge in [0.05, 0.1) is 41.6 Å². The van der Waals surface area contributed by atoms with E-state index >= 15 is 0 Å². The minimum atomic E-state index is -0.889. The molecule has 212 valence electrons. The van der Waals surface area contributed by atoms with Crippen LogP contribution in [0.25, 0.3) is 10.9 Å². The van der Waals surface area contributed by atoms with E-state index in [1.807, 2.05) is 10.9 Å². The highest BCUT2D eigenvalue weighted by atomic mass is 127. The number of benzene rings is 1. The molecule has 6 rings (SSSR count). The number of amides is 1. The molecule has 10 nitrogen and oxygen atoms in total. The van der Waals surface area contributed by atoms with Crippen molar-refractivity contribution >= 4 is 62.3 Å². The molecule has 1 aromatic carbocycles. The number of nitrogens with one attached hydrogen (secondary N) is 2. The average molecular weight is 683 g/mol. The van der Waals surface area contributed by atoms with Gasteiger partial charge in [-0.05, 0) is 75.9 Å². The lowest BCUT2D eigenvalue weighted by atomic mass is 9.96. The van der Waals surface area contributed by atoms with Gasteiger partial charge < -0.3 is 20.6 Å². The SMILES string of the molecule is CC(C)(C)CNc1c(C#N)cnc2c(I)cc(NC(c3cn(C4CC4)nn3)c3csc4c3CCN(C(=O)O)C4)cc12. The number of anilines is 2. The summed E-state index contributed by atoms with van der Waals surface area (Å²) in [4.78, 5) is 18.8. The van der Waals surface area contributed by atoms with E-state index in [2.05, 4.69) is 92.9 Å². The highest BCUT2D eigenvalue weighted by Crippen LogP contribution is 2.40. The highest BCUT2D eigenvalue weighted by Gasteiger charge is 2.31. The molecule has 1 atom stereocenters. The predicted octanol–water partition coefficient (Wildman–Crippen LogP) is 6.39. The lowest BCUT2D eigenvalue weighted by Gasteiger charge is -2.26. The summed E-state index contributed by atoms with van der Waals surface area (Å²) in [6.45, 7) is 8.04. The lowest BCUT2D eigenvalue weighted by molar-refractivity contribution is 0.140. The third-order valence-electron chi connectivity index (χ3n) is 7.46. The molecule has 1 fully saturated rings. The second-order valence-electron chi connectivity index (χ2n) is 11.9. The van der Waals surface area contributed by atoms with Gasteiger partial charge in [0.1, 0.15) is 11.8 Å². The van der Waals surface area contributed by atoms with Crippen molar-refractivity contribution in [1.29, 1.82) is 5.26 Å². The molecule has 12 heteroatoms. The fourth-order valence-electron chi connectivity index (χ4n) is 5.15. The minimum Gasteiger partial charge on any atom is -0.465 e. The van der Waals surface area contributed by atoms with Crippen LogP contribution in [0.4, 0.5) is 16.2 Å². The van der Waals surface area contributed by atoms with Crippen molar-refractivity contribution in [2.45, 2.75) is 58.7 Å². The molecule has 3 N–H and O–H groups in total. The number of thiophene rings is 1. The summed E-state index contributed by atoms with van der Waals surface area (Å²) in [5.41, 5.74) is 6.14. The molecule has 1 saturated carbocycles. The van der Waals surface area contributed by atoms with Gasteiger partial charge in [-0.3, -0.25) is 4.98 Å². The van der Waals surface area contributed by atoms with Crippen molar-refractivity contribution in [3.63, 3.8) is 0 Å². The fraction of sp³-hybridized carbons (Fsp3) is 0.414. The van der Waals surface area contributed by atoms with Crippen LogP contribution in [0, 0.1) is 20.3 Å². The average Bonchev–Trinajstić information content (AvgIpc) is 3.51. The quantitative estimate of drug-likeness (QED) is 0.191. The Morgan fingerprint density at radius 3 is 2.85 bits per heavy atom. The summed E-state index contributed by atoms with van der Waals surface area (Å²) >= 11 is 3.90. The van der Waals surface area contributed by atoms with E-state index < -0.39 is 6.09 Å². The summed E-state index contributed by atoms with van der Waals surface area (Å²) in [5.74, 6) is 0. The maximum absolute atomic E-state index is 11.6. The van der Waals surface area contributed by atoms with E-state index in [9.17, 15) is 15.2 Å². The molecule has 41 heavy (non-hydrogen) atoms. The number of halogens is 1. The van der Waals surface area contributed by atoms with Gasteiger partial charge in [-0.2, -0.15) is 5.26 Å². The van der Waals surface area contributed by atoms with E-state index in [1.165, 1.54) is 10.5 Å². The van der Waals surface area contributed by atoms with Crippen LogP contribution in [0.3, 0.4) is 0 Å². The maximum atomic E-state index is 11.6. The molecule has 3 aromatic heterocycles. The van der Waals surface area contributed by atoms with Crippen LogP contribution in [0.1, 0.15) is 73.0 Å². The van der Waals surface area contributed by atoms with E-state index in [0.717, 1.165) is 54.8 Å². The van der Waals surface area contributed by atoms with Crippen molar-refractivity contribution in [2.75, 3.05) is 23.7 Å². The number of pyridine rings is 1. The second kappa shape index (κ2) is 10.8. The molecular weight excluding hydrogens is 651 g/mol. The van der Waals surface area contributed by atoms with Crippen molar-refractivity contribution < 1.29 is 9.90 Å². The van der Waals surface area contributed by atoms with Gasteiger partial charge in [-0.15, -0.1) is 16.4 Å². The summed E-state index contributed by atoms with van der Waals surface area (Å²) < 4.78 is 2.92. The van der Waals surface area contributed by atoms with Crippen LogP contribution >= 0.6 is 33.9 Å². The Bertz CT molecular complexity index is 1680. The van der Waals surface area contributed by atoms with Crippen LogP contribution in [-0.4, -0.2) is 49.2 Å². The first-order valence-electron chi connectivity index (χ1n) is 13.6. The number of fused-ring (bicyclic) bond motifs is 2. The third-order valence-corrected chi connectivity index (χ3v) is 9.31. The number of nitriles is 1. The molecule has 0 radical (unpaired) electrons. The summed E-state index contributed by atoms with van der Waals surface area (Å²) in [6.07, 6.45) is 5.66. The topological polar surface area (TPSA) is 132 Å². The number of rotatable bonds is 7. The van der Waals surface area contributed by atoms with Crippen LogP contribution in [0.5, 0.6) is 0 Å². The van der Waals surface area contributed by atoms with Gasteiger partial charge in [-0.1, -0.05) is 26.0 Å². The Kier molecular flexibility index (Phi) is 7.27. The standard InChI is InChI=1S/C29H31IN8O2S/c1-29(2,3)15-33-25-16(10-31)11-32-26-20(25)8-17(9-22(26)30)34-27(23-12-38(36-35-23)18-4-5-18)21-14-41-24-13-37(28(39)40)7-6-19(21)24/h8-9,11-12,14,18,27,34H,4-7,13,15H2,1-3H3,(H,32,33)(H,39,40). The number of aromatic nitrogens is 4. The van der Waals surface area contributed by atoms with E-state index in [1.54, 1.807) is 17.5 Å². The largest absolute Gasteiger partial charge is 0.465 e. The minimum absolute atomic E-state index is 0.0259. The van der Waals surface area contributed by atoms with Crippen molar-refractivity contribution in [3.05, 3.63) is 60.7 Å². The number of hydrogen-bond donors (Lipinski definition) is 3. The number of carbonyl (C=O) groups is 1. The van der Waals surface area contributed by atoms with Gasteiger partial charge in [0.25, 0.3) is 0 Å². The second-order valence-corrected chi connectivity index (χ2v) is 14.0.